The number of benzene rings is 3. The van der Waals surface area contributed by atoms with E-state index < -0.39 is 11.7 Å². The second-order valence-electron chi connectivity index (χ2n) is 9.59. The van der Waals surface area contributed by atoms with Crippen LogP contribution in [0.2, 0.25) is 0 Å². The van der Waals surface area contributed by atoms with Gasteiger partial charge in [-0.15, -0.1) is 0 Å². The summed E-state index contributed by atoms with van der Waals surface area (Å²) in [7, 11) is 0. The van der Waals surface area contributed by atoms with Crippen LogP contribution in [0.4, 0.5) is 33.9 Å². The number of aryl methyl sites for hydroxylation is 1. The number of nitrogens with zero attached hydrogens (tertiary/aromatic N) is 4. The minimum atomic E-state index is -4.44. The molecular weight excluding hydrogens is 522 g/mol. The van der Waals surface area contributed by atoms with Crippen molar-refractivity contribution in [2.24, 2.45) is 0 Å². The van der Waals surface area contributed by atoms with E-state index >= 15 is 0 Å². The van der Waals surface area contributed by atoms with E-state index in [0.717, 1.165) is 34.8 Å². The Morgan fingerprint density at radius 3 is 2.25 bits per heavy atom. The lowest BCUT2D eigenvalue weighted by Crippen LogP contribution is -2.50. The van der Waals surface area contributed by atoms with Crippen molar-refractivity contribution in [3.63, 3.8) is 0 Å². The Morgan fingerprint density at radius 1 is 0.900 bits per heavy atom. The van der Waals surface area contributed by atoms with Crippen LogP contribution in [0.3, 0.4) is 0 Å². The Bertz CT molecular complexity index is 1480. The summed E-state index contributed by atoms with van der Waals surface area (Å²) in [4.78, 5) is 26.1. The van der Waals surface area contributed by atoms with Crippen molar-refractivity contribution in [3.05, 3.63) is 107 Å². The van der Waals surface area contributed by atoms with Gasteiger partial charge in [-0.2, -0.15) is 13.2 Å². The SMILES string of the molecule is Cc1nc(-c2cccc(F)c2)nc(N2CCN(C(=O)Nc3ccc(C(F)(F)F)cc3)CC2)c1Cc1ccccc1. The van der Waals surface area contributed by atoms with Crippen molar-refractivity contribution >= 4 is 17.5 Å². The zero-order chi connectivity index (χ0) is 28.3. The van der Waals surface area contributed by atoms with Crippen LogP contribution in [0.5, 0.6) is 0 Å². The number of halogens is 4. The first-order chi connectivity index (χ1) is 19.2. The quantitative estimate of drug-likeness (QED) is 0.287. The van der Waals surface area contributed by atoms with Crippen LogP contribution in [0, 0.1) is 12.7 Å². The summed E-state index contributed by atoms with van der Waals surface area (Å²) in [6, 6.07) is 20.1. The number of piperazine rings is 1. The lowest BCUT2D eigenvalue weighted by Gasteiger charge is -2.36. The number of hydrogen-bond donors (Lipinski definition) is 1. The molecule has 10 heteroatoms. The molecule has 5 rings (SSSR count). The smallest absolute Gasteiger partial charge is 0.353 e. The number of amides is 2. The molecule has 1 saturated heterocycles. The van der Waals surface area contributed by atoms with E-state index in [-0.39, 0.29) is 17.5 Å². The predicted octanol–water partition coefficient (Wildman–Crippen LogP) is 6.55. The highest BCUT2D eigenvalue weighted by Crippen LogP contribution is 2.31. The average molecular weight is 550 g/mol. The Kier molecular flexibility index (Phi) is 7.68. The van der Waals surface area contributed by atoms with Gasteiger partial charge in [-0.3, -0.25) is 0 Å². The van der Waals surface area contributed by atoms with Crippen LogP contribution >= 0.6 is 0 Å². The van der Waals surface area contributed by atoms with Crippen LogP contribution < -0.4 is 10.2 Å². The summed E-state index contributed by atoms with van der Waals surface area (Å²) in [5.74, 6) is 0.783. The zero-order valence-electron chi connectivity index (χ0n) is 21.8. The first-order valence-electron chi connectivity index (χ1n) is 12.8. The molecule has 206 valence electrons. The van der Waals surface area contributed by atoms with E-state index in [2.05, 4.69) is 10.2 Å². The van der Waals surface area contributed by atoms with Crippen LogP contribution in [0.15, 0.2) is 78.9 Å². The molecule has 0 spiro atoms. The summed E-state index contributed by atoms with van der Waals surface area (Å²) in [6.45, 7) is 3.66. The molecule has 1 aliphatic rings. The summed E-state index contributed by atoms with van der Waals surface area (Å²) < 4.78 is 52.5. The molecule has 2 heterocycles. The summed E-state index contributed by atoms with van der Waals surface area (Å²) >= 11 is 0. The number of rotatable bonds is 5. The molecule has 0 radical (unpaired) electrons. The largest absolute Gasteiger partial charge is 0.416 e. The van der Waals surface area contributed by atoms with Gasteiger partial charge in [0.25, 0.3) is 0 Å². The average Bonchev–Trinajstić information content (AvgIpc) is 2.94. The predicted molar refractivity (Wildman–Crippen MR) is 146 cm³/mol. The number of urea groups is 1. The number of alkyl halides is 3. The standard InChI is InChI=1S/C30H27F4N5O/c1-20-26(18-21-6-3-2-4-7-21)28(37-27(35-20)22-8-5-9-24(31)19-22)38-14-16-39(17-15-38)29(40)36-25-12-10-23(11-13-25)30(32,33)34/h2-13,19H,14-18H2,1H3,(H,36,40). The Labute approximate surface area is 229 Å². The normalized spacial score (nSPS) is 13.8. The minimum Gasteiger partial charge on any atom is -0.353 e. The third kappa shape index (κ3) is 6.22. The molecule has 2 amide bonds. The zero-order valence-corrected chi connectivity index (χ0v) is 21.8. The molecule has 0 unspecified atom stereocenters. The summed E-state index contributed by atoms with van der Waals surface area (Å²) in [5, 5.41) is 2.67. The Hall–Kier alpha value is -4.47. The fourth-order valence-corrected chi connectivity index (χ4v) is 4.67. The highest BCUT2D eigenvalue weighted by molar-refractivity contribution is 5.89. The van der Waals surface area contributed by atoms with Crippen LogP contribution in [0.25, 0.3) is 11.4 Å². The van der Waals surface area contributed by atoms with Crippen LogP contribution in [-0.2, 0) is 12.6 Å². The van der Waals surface area contributed by atoms with Gasteiger partial charge in [0, 0.05) is 55.1 Å². The number of anilines is 2. The van der Waals surface area contributed by atoms with Gasteiger partial charge in [-0.1, -0.05) is 42.5 Å². The van der Waals surface area contributed by atoms with Crippen LogP contribution in [0.1, 0.15) is 22.4 Å². The molecule has 0 aliphatic carbocycles. The number of carbonyl (C=O) groups excluding carboxylic acids is 1. The van der Waals surface area contributed by atoms with Crippen molar-refractivity contribution in [1.82, 2.24) is 14.9 Å². The van der Waals surface area contributed by atoms with Crippen molar-refractivity contribution in [2.45, 2.75) is 19.5 Å². The van der Waals surface area contributed by atoms with Gasteiger partial charge >= 0.3 is 12.2 Å². The topological polar surface area (TPSA) is 61.4 Å². The van der Waals surface area contributed by atoms with Crippen molar-refractivity contribution < 1.29 is 22.4 Å². The van der Waals surface area contributed by atoms with Gasteiger partial charge in [0.05, 0.1) is 5.56 Å². The molecule has 4 aromatic rings. The molecule has 40 heavy (non-hydrogen) atoms. The molecule has 0 bridgehead atoms. The molecular formula is C30H27F4N5O. The summed E-state index contributed by atoms with van der Waals surface area (Å²) in [5.41, 5.74) is 2.93. The first kappa shape index (κ1) is 27.1. The van der Waals surface area contributed by atoms with Gasteiger partial charge < -0.3 is 15.1 Å². The van der Waals surface area contributed by atoms with Crippen molar-refractivity contribution in [1.29, 1.82) is 0 Å². The first-order valence-corrected chi connectivity index (χ1v) is 12.8. The number of carbonyl (C=O) groups is 1. The minimum absolute atomic E-state index is 0.289. The third-order valence-corrected chi connectivity index (χ3v) is 6.83. The van der Waals surface area contributed by atoms with E-state index in [9.17, 15) is 22.4 Å². The maximum Gasteiger partial charge on any atom is 0.416 e. The van der Waals surface area contributed by atoms with E-state index in [1.54, 1.807) is 17.0 Å². The maximum absolute atomic E-state index is 14.0. The molecule has 1 aliphatic heterocycles. The molecule has 1 fully saturated rings. The Balaban J connectivity index is 1.35. The molecule has 3 aromatic carbocycles. The molecule has 1 aromatic heterocycles. The molecule has 1 N–H and O–H groups in total. The van der Waals surface area contributed by atoms with Gasteiger partial charge in [-0.05, 0) is 48.9 Å². The van der Waals surface area contributed by atoms with Crippen LogP contribution in [-0.4, -0.2) is 47.1 Å². The molecule has 0 saturated carbocycles. The van der Waals surface area contributed by atoms with Gasteiger partial charge in [-0.25, -0.2) is 19.2 Å². The number of nitrogens with one attached hydrogen (secondary N) is 1. The van der Waals surface area contributed by atoms with E-state index in [1.165, 1.54) is 24.3 Å². The highest BCUT2D eigenvalue weighted by atomic mass is 19.4. The van der Waals surface area contributed by atoms with Gasteiger partial charge in [0.1, 0.15) is 11.6 Å². The summed E-state index contributed by atoms with van der Waals surface area (Å²) in [6.07, 6.45) is -3.83. The number of aromatic nitrogens is 2. The fourth-order valence-electron chi connectivity index (χ4n) is 4.67. The maximum atomic E-state index is 14.0. The van der Waals surface area contributed by atoms with E-state index in [4.69, 9.17) is 9.97 Å². The lowest BCUT2D eigenvalue weighted by molar-refractivity contribution is -0.137. The molecule has 0 atom stereocenters. The second-order valence-corrected chi connectivity index (χ2v) is 9.59. The van der Waals surface area contributed by atoms with E-state index in [1.807, 2.05) is 37.3 Å². The number of hydrogen-bond acceptors (Lipinski definition) is 4. The second kappa shape index (κ2) is 11.3. The highest BCUT2D eigenvalue weighted by Gasteiger charge is 2.30. The van der Waals surface area contributed by atoms with Crippen molar-refractivity contribution in [2.75, 3.05) is 36.4 Å². The Morgan fingerprint density at radius 2 is 1.60 bits per heavy atom. The third-order valence-electron chi connectivity index (χ3n) is 6.83. The van der Waals surface area contributed by atoms with Crippen molar-refractivity contribution in [3.8, 4) is 11.4 Å². The van der Waals surface area contributed by atoms with Gasteiger partial charge in [0.2, 0.25) is 0 Å². The van der Waals surface area contributed by atoms with E-state index in [0.29, 0.717) is 44.0 Å². The fraction of sp³-hybridized carbons (Fsp3) is 0.233. The monoisotopic (exact) mass is 549 g/mol. The lowest BCUT2D eigenvalue weighted by atomic mass is 10.0. The molecule has 6 nitrogen and oxygen atoms in total. The van der Waals surface area contributed by atoms with Gasteiger partial charge in [0.15, 0.2) is 5.82 Å².